The van der Waals surface area contributed by atoms with E-state index in [-0.39, 0.29) is 17.7 Å². The van der Waals surface area contributed by atoms with E-state index < -0.39 is 0 Å². The summed E-state index contributed by atoms with van der Waals surface area (Å²) in [5.41, 5.74) is 4.47. The van der Waals surface area contributed by atoms with Gasteiger partial charge >= 0.3 is 0 Å². The third kappa shape index (κ3) is 6.26. The van der Waals surface area contributed by atoms with Gasteiger partial charge in [-0.25, -0.2) is 0 Å². The average molecular weight is 599 g/mol. The Morgan fingerprint density at radius 2 is 1.48 bits per heavy atom. The minimum atomic E-state index is -0.122. The lowest BCUT2D eigenvalue weighted by Crippen LogP contribution is -2.38. The number of hydrogen-bond donors (Lipinski definition) is 2. The van der Waals surface area contributed by atoms with Crippen molar-refractivity contribution in [3.8, 4) is 0 Å². The normalized spacial score (nSPS) is 13.7. The molecule has 0 aromatic heterocycles. The van der Waals surface area contributed by atoms with E-state index in [9.17, 15) is 14.4 Å². The van der Waals surface area contributed by atoms with Crippen LogP contribution in [-0.2, 0) is 17.8 Å². The van der Waals surface area contributed by atoms with E-state index in [4.69, 9.17) is 0 Å². The Labute approximate surface area is 242 Å². The zero-order valence-corrected chi connectivity index (χ0v) is 24.0. The molecule has 0 bridgehead atoms. The maximum Gasteiger partial charge on any atom is 0.254 e. The standard InChI is InChI=1S/C33H32BrN3O3/c1-35-31(38)20-22-8-10-23(11-9-22)21-36-32(39)26-14-12-24(13-15-26)25-16-18-37(19-17-25)33(40)29-6-2-5-28-27(29)4-3-7-30(28)34/h2-15,25H,16-21H2,1H3,(H,35,38)(H,36,39). The molecule has 204 valence electrons. The molecule has 5 rings (SSSR count). The zero-order valence-electron chi connectivity index (χ0n) is 22.5. The van der Waals surface area contributed by atoms with Crippen LogP contribution in [-0.4, -0.2) is 42.8 Å². The van der Waals surface area contributed by atoms with Gasteiger partial charge in [0.25, 0.3) is 11.8 Å². The molecule has 3 amide bonds. The van der Waals surface area contributed by atoms with E-state index in [2.05, 4.69) is 26.6 Å². The molecule has 0 aliphatic carbocycles. The van der Waals surface area contributed by atoms with E-state index in [0.717, 1.165) is 44.8 Å². The second-order valence-corrected chi connectivity index (χ2v) is 11.0. The number of hydrogen-bond acceptors (Lipinski definition) is 3. The lowest BCUT2D eigenvalue weighted by molar-refractivity contribution is -0.119. The van der Waals surface area contributed by atoms with Crippen LogP contribution in [0.4, 0.5) is 0 Å². The van der Waals surface area contributed by atoms with Gasteiger partial charge < -0.3 is 15.5 Å². The Hall–Kier alpha value is -3.97. The van der Waals surface area contributed by atoms with Gasteiger partial charge in [0.15, 0.2) is 0 Å². The number of likely N-dealkylation sites (tertiary alicyclic amines) is 1. The number of rotatable bonds is 7. The number of amides is 3. The van der Waals surface area contributed by atoms with Gasteiger partial charge in [0.05, 0.1) is 6.42 Å². The number of carbonyl (C=O) groups is 3. The molecular weight excluding hydrogens is 566 g/mol. The fraction of sp³-hybridized carbons (Fsp3) is 0.242. The van der Waals surface area contributed by atoms with Gasteiger partial charge in [-0.2, -0.15) is 0 Å². The van der Waals surface area contributed by atoms with Gasteiger partial charge in [0, 0.05) is 42.3 Å². The Balaban J connectivity index is 1.14. The minimum Gasteiger partial charge on any atom is -0.359 e. The van der Waals surface area contributed by atoms with Crippen LogP contribution in [0.5, 0.6) is 0 Å². The van der Waals surface area contributed by atoms with Crippen LogP contribution in [0.2, 0.25) is 0 Å². The summed E-state index contributed by atoms with van der Waals surface area (Å²) in [6.07, 6.45) is 2.12. The van der Waals surface area contributed by atoms with Crippen molar-refractivity contribution in [3.05, 3.63) is 117 Å². The predicted molar refractivity (Wildman–Crippen MR) is 161 cm³/mol. The molecule has 0 saturated carbocycles. The SMILES string of the molecule is CNC(=O)Cc1ccc(CNC(=O)c2ccc(C3CCN(C(=O)c4cccc5c(Br)cccc45)CC3)cc2)cc1. The Morgan fingerprint density at radius 1 is 0.825 bits per heavy atom. The second kappa shape index (κ2) is 12.5. The van der Waals surface area contributed by atoms with Crippen LogP contribution < -0.4 is 10.6 Å². The van der Waals surface area contributed by atoms with E-state index in [0.29, 0.717) is 37.5 Å². The fourth-order valence-corrected chi connectivity index (χ4v) is 5.78. The summed E-state index contributed by atoms with van der Waals surface area (Å²) >= 11 is 3.59. The molecule has 40 heavy (non-hydrogen) atoms. The highest BCUT2D eigenvalue weighted by atomic mass is 79.9. The van der Waals surface area contributed by atoms with Gasteiger partial charge in [0.1, 0.15) is 0 Å². The highest BCUT2D eigenvalue weighted by molar-refractivity contribution is 9.10. The minimum absolute atomic E-state index is 0.0296. The molecule has 0 unspecified atom stereocenters. The van der Waals surface area contributed by atoms with Crippen molar-refractivity contribution in [2.45, 2.75) is 31.7 Å². The number of halogens is 1. The Bertz CT molecular complexity index is 1530. The first-order valence-corrected chi connectivity index (χ1v) is 14.4. The molecule has 1 aliphatic rings. The van der Waals surface area contributed by atoms with E-state index >= 15 is 0 Å². The number of fused-ring (bicyclic) bond motifs is 1. The molecule has 7 heteroatoms. The quantitative estimate of drug-likeness (QED) is 0.281. The van der Waals surface area contributed by atoms with Crippen molar-refractivity contribution in [2.75, 3.05) is 20.1 Å². The van der Waals surface area contributed by atoms with E-state index in [1.54, 1.807) is 7.05 Å². The Morgan fingerprint density at radius 3 is 2.17 bits per heavy atom. The maximum atomic E-state index is 13.4. The number of nitrogens with zero attached hydrogens (tertiary/aromatic N) is 1. The van der Waals surface area contributed by atoms with Crippen LogP contribution in [0.25, 0.3) is 10.8 Å². The monoisotopic (exact) mass is 597 g/mol. The van der Waals surface area contributed by atoms with Crippen molar-refractivity contribution < 1.29 is 14.4 Å². The summed E-state index contributed by atoms with van der Waals surface area (Å²) in [4.78, 5) is 39.6. The van der Waals surface area contributed by atoms with Crippen LogP contribution in [0, 0.1) is 0 Å². The number of likely N-dealkylation sites (N-methyl/N-ethyl adjacent to an activating group) is 1. The smallest absolute Gasteiger partial charge is 0.254 e. The van der Waals surface area contributed by atoms with Gasteiger partial charge in [-0.1, -0.05) is 76.6 Å². The third-order valence-corrected chi connectivity index (χ3v) is 8.34. The van der Waals surface area contributed by atoms with Gasteiger partial charge in [-0.05, 0) is 70.5 Å². The molecule has 1 saturated heterocycles. The van der Waals surface area contributed by atoms with Gasteiger partial charge in [-0.15, -0.1) is 0 Å². The van der Waals surface area contributed by atoms with E-state index in [1.165, 1.54) is 5.56 Å². The van der Waals surface area contributed by atoms with Crippen molar-refractivity contribution in [1.82, 2.24) is 15.5 Å². The number of benzene rings is 4. The molecule has 0 spiro atoms. The first-order chi connectivity index (χ1) is 19.4. The third-order valence-electron chi connectivity index (χ3n) is 7.65. The molecule has 0 atom stereocenters. The molecule has 1 fully saturated rings. The van der Waals surface area contributed by atoms with Gasteiger partial charge in [-0.3, -0.25) is 14.4 Å². The number of carbonyl (C=O) groups excluding carboxylic acids is 3. The summed E-state index contributed by atoms with van der Waals surface area (Å²) in [6.45, 7) is 1.83. The predicted octanol–water partition coefficient (Wildman–Crippen LogP) is 5.84. The second-order valence-electron chi connectivity index (χ2n) is 10.2. The lowest BCUT2D eigenvalue weighted by atomic mass is 9.88. The number of nitrogens with one attached hydrogen (secondary N) is 2. The molecule has 4 aromatic carbocycles. The summed E-state index contributed by atoms with van der Waals surface area (Å²) in [5, 5.41) is 7.60. The highest BCUT2D eigenvalue weighted by Gasteiger charge is 2.25. The first-order valence-electron chi connectivity index (χ1n) is 13.6. The first kappa shape index (κ1) is 27.6. The largest absolute Gasteiger partial charge is 0.359 e. The van der Waals surface area contributed by atoms with Crippen molar-refractivity contribution >= 4 is 44.4 Å². The van der Waals surface area contributed by atoms with Crippen LogP contribution in [0.3, 0.4) is 0 Å². The lowest BCUT2D eigenvalue weighted by Gasteiger charge is -2.32. The van der Waals surface area contributed by atoms with Crippen LogP contribution in [0.15, 0.2) is 89.4 Å². The zero-order chi connectivity index (χ0) is 28.1. The number of piperidine rings is 1. The summed E-state index contributed by atoms with van der Waals surface area (Å²) in [6, 6.07) is 27.3. The molecule has 1 aliphatic heterocycles. The summed E-state index contributed by atoms with van der Waals surface area (Å²) < 4.78 is 0.989. The molecular formula is C33H32BrN3O3. The van der Waals surface area contributed by atoms with Gasteiger partial charge in [0.2, 0.25) is 5.91 Å². The van der Waals surface area contributed by atoms with E-state index in [1.807, 2.05) is 89.8 Å². The van der Waals surface area contributed by atoms with Crippen molar-refractivity contribution in [3.63, 3.8) is 0 Å². The summed E-state index contributed by atoms with van der Waals surface area (Å²) in [7, 11) is 1.62. The highest BCUT2D eigenvalue weighted by Crippen LogP contribution is 2.31. The molecule has 1 heterocycles. The fourth-order valence-electron chi connectivity index (χ4n) is 5.28. The van der Waals surface area contributed by atoms with Crippen molar-refractivity contribution in [2.24, 2.45) is 0 Å². The molecule has 2 N–H and O–H groups in total. The molecule has 0 radical (unpaired) electrons. The molecule has 6 nitrogen and oxygen atoms in total. The summed E-state index contributed by atoms with van der Waals surface area (Å²) in [5.74, 6) is 0.285. The maximum absolute atomic E-state index is 13.4. The molecule has 4 aromatic rings. The van der Waals surface area contributed by atoms with Crippen LogP contribution in [0.1, 0.15) is 56.2 Å². The van der Waals surface area contributed by atoms with Crippen molar-refractivity contribution in [1.29, 1.82) is 0 Å². The average Bonchev–Trinajstić information content (AvgIpc) is 3.00. The Kier molecular flexibility index (Phi) is 8.60. The topological polar surface area (TPSA) is 78.5 Å². The van der Waals surface area contributed by atoms with Crippen LogP contribution >= 0.6 is 15.9 Å².